The van der Waals surface area contributed by atoms with Crippen molar-refractivity contribution < 1.29 is 0 Å². The van der Waals surface area contributed by atoms with Crippen LogP contribution in [0.4, 0.5) is 0 Å². The van der Waals surface area contributed by atoms with Crippen molar-refractivity contribution in [3.05, 3.63) is 200 Å². The lowest BCUT2D eigenvalue weighted by atomic mass is 10.0. The summed E-state index contributed by atoms with van der Waals surface area (Å²) < 4.78 is 2.42. The van der Waals surface area contributed by atoms with Crippen LogP contribution < -0.4 is 0 Å². The van der Waals surface area contributed by atoms with Gasteiger partial charge in [0.05, 0.1) is 16.7 Å². The topological polar surface area (TPSA) is 56.5 Å². The Morgan fingerprint density at radius 1 is 0.309 bits per heavy atom. The Bertz CT molecular complexity index is 2790. The van der Waals surface area contributed by atoms with Crippen LogP contribution in [0.5, 0.6) is 0 Å². The number of nitrogens with zero attached hydrogens (tertiary/aromatic N) is 5. The molecule has 55 heavy (non-hydrogen) atoms. The van der Waals surface area contributed by atoms with Crippen LogP contribution in [-0.2, 0) is 0 Å². The van der Waals surface area contributed by atoms with E-state index in [4.69, 9.17) is 15.0 Å². The number of aromatic nitrogens is 5. The van der Waals surface area contributed by atoms with Crippen LogP contribution >= 0.6 is 0 Å². The highest BCUT2D eigenvalue weighted by molar-refractivity contribution is 6.11. The number of benzene rings is 7. The first-order chi connectivity index (χ1) is 27.3. The molecule has 0 aliphatic rings. The van der Waals surface area contributed by atoms with Gasteiger partial charge in [0, 0.05) is 45.4 Å². The molecule has 0 aliphatic carbocycles. The van der Waals surface area contributed by atoms with Gasteiger partial charge in [-0.2, -0.15) is 0 Å². The Kier molecular flexibility index (Phi) is 8.08. The van der Waals surface area contributed by atoms with E-state index in [1.807, 2.05) is 73.1 Å². The van der Waals surface area contributed by atoms with Crippen molar-refractivity contribution in [2.24, 2.45) is 0 Å². The van der Waals surface area contributed by atoms with Crippen LogP contribution in [-0.4, -0.2) is 24.5 Å². The summed E-state index contributed by atoms with van der Waals surface area (Å²) in [5, 5.41) is 2.36. The molecule has 3 heterocycles. The highest BCUT2D eigenvalue weighted by Gasteiger charge is 2.20. The van der Waals surface area contributed by atoms with Crippen LogP contribution in [0, 0.1) is 0 Å². The van der Waals surface area contributed by atoms with E-state index in [-0.39, 0.29) is 0 Å². The molecule has 0 amide bonds. The maximum atomic E-state index is 5.11. The quantitative estimate of drug-likeness (QED) is 0.166. The van der Waals surface area contributed by atoms with E-state index in [1.54, 1.807) is 0 Å². The van der Waals surface area contributed by atoms with E-state index < -0.39 is 0 Å². The Morgan fingerprint density at radius 2 is 0.727 bits per heavy atom. The molecule has 7 aromatic carbocycles. The SMILES string of the molecule is c1ccc(-c2ccc3c4ccc(-c5ccccc5)cc4n(-c4cc(-c5nc(-c6ccccc6)nc(-c6ccccc6)n5)ccc4-c4ccncc4)c3c2)cc1. The van der Waals surface area contributed by atoms with E-state index in [1.165, 1.54) is 21.9 Å². The summed E-state index contributed by atoms with van der Waals surface area (Å²) in [7, 11) is 0. The van der Waals surface area contributed by atoms with Crippen LogP contribution in [0.1, 0.15) is 0 Å². The van der Waals surface area contributed by atoms with Crippen molar-refractivity contribution in [2.75, 3.05) is 0 Å². The van der Waals surface area contributed by atoms with Crippen molar-refractivity contribution in [1.29, 1.82) is 0 Å². The van der Waals surface area contributed by atoms with E-state index in [0.717, 1.165) is 55.7 Å². The van der Waals surface area contributed by atoms with Crippen molar-refractivity contribution >= 4 is 21.8 Å². The first-order valence-corrected chi connectivity index (χ1v) is 18.4. The van der Waals surface area contributed by atoms with Gasteiger partial charge in [-0.3, -0.25) is 4.98 Å². The number of pyridine rings is 1. The molecular formula is C50H33N5. The lowest BCUT2D eigenvalue weighted by Gasteiger charge is -2.17. The molecule has 0 bridgehead atoms. The molecule has 0 aliphatic heterocycles. The molecule has 0 fully saturated rings. The number of rotatable bonds is 7. The van der Waals surface area contributed by atoms with Gasteiger partial charge in [0.1, 0.15) is 0 Å². The Hall–Kier alpha value is -7.50. The third kappa shape index (κ3) is 6.04. The molecule has 0 saturated heterocycles. The van der Waals surface area contributed by atoms with Gasteiger partial charge < -0.3 is 4.57 Å². The van der Waals surface area contributed by atoms with Crippen LogP contribution in [0.2, 0.25) is 0 Å². The fraction of sp³-hybridized carbons (Fsp3) is 0. The first kappa shape index (κ1) is 32.2. The Balaban J connectivity index is 1.27. The first-order valence-electron chi connectivity index (χ1n) is 18.4. The summed E-state index contributed by atoms with van der Waals surface area (Å²) in [6.45, 7) is 0. The predicted molar refractivity (Wildman–Crippen MR) is 225 cm³/mol. The summed E-state index contributed by atoms with van der Waals surface area (Å²) >= 11 is 0. The van der Waals surface area contributed by atoms with Crippen molar-refractivity contribution in [2.45, 2.75) is 0 Å². The van der Waals surface area contributed by atoms with Gasteiger partial charge in [-0.25, -0.2) is 15.0 Å². The molecule has 10 aromatic rings. The van der Waals surface area contributed by atoms with Crippen LogP contribution in [0.15, 0.2) is 200 Å². The maximum Gasteiger partial charge on any atom is 0.164 e. The second-order valence-electron chi connectivity index (χ2n) is 13.5. The smallest absolute Gasteiger partial charge is 0.164 e. The second kappa shape index (κ2) is 13.8. The molecule has 0 radical (unpaired) electrons. The van der Waals surface area contributed by atoms with E-state index in [2.05, 4.69) is 137 Å². The third-order valence-electron chi connectivity index (χ3n) is 10.2. The molecule has 0 atom stereocenters. The Morgan fingerprint density at radius 3 is 1.20 bits per heavy atom. The van der Waals surface area contributed by atoms with Crippen molar-refractivity contribution in [3.63, 3.8) is 0 Å². The molecule has 5 nitrogen and oxygen atoms in total. The highest BCUT2D eigenvalue weighted by atomic mass is 15.0. The molecule has 5 heteroatoms. The van der Waals surface area contributed by atoms with E-state index in [0.29, 0.717) is 17.5 Å². The zero-order valence-corrected chi connectivity index (χ0v) is 29.8. The molecule has 258 valence electrons. The van der Waals surface area contributed by atoms with Crippen molar-refractivity contribution in [1.82, 2.24) is 24.5 Å². The summed E-state index contributed by atoms with van der Waals surface area (Å²) in [5.41, 5.74) is 12.8. The number of fused-ring (bicyclic) bond motifs is 3. The average molecular weight is 704 g/mol. The van der Waals surface area contributed by atoms with E-state index in [9.17, 15) is 0 Å². The molecule has 0 saturated carbocycles. The monoisotopic (exact) mass is 703 g/mol. The minimum atomic E-state index is 0.603. The van der Waals surface area contributed by atoms with Gasteiger partial charge in [-0.15, -0.1) is 0 Å². The van der Waals surface area contributed by atoms with Gasteiger partial charge in [-0.05, 0) is 58.1 Å². The second-order valence-corrected chi connectivity index (χ2v) is 13.5. The zero-order valence-electron chi connectivity index (χ0n) is 29.8. The molecule has 10 rings (SSSR count). The highest BCUT2D eigenvalue weighted by Crippen LogP contribution is 2.41. The molecule has 0 unspecified atom stereocenters. The largest absolute Gasteiger partial charge is 0.309 e. The van der Waals surface area contributed by atoms with Crippen LogP contribution in [0.3, 0.4) is 0 Å². The number of hydrogen-bond acceptors (Lipinski definition) is 4. The lowest BCUT2D eigenvalue weighted by molar-refractivity contribution is 1.07. The zero-order chi connectivity index (χ0) is 36.6. The summed E-state index contributed by atoms with van der Waals surface area (Å²) in [6.07, 6.45) is 3.70. The van der Waals surface area contributed by atoms with Gasteiger partial charge in [0.25, 0.3) is 0 Å². The molecule has 3 aromatic heterocycles. The number of hydrogen-bond donors (Lipinski definition) is 0. The summed E-state index contributed by atoms with van der Waals surface area (Å²) in [4.78, 5) is 19.6. The van der Waals surface area contributed by atoms with Gasteiger partial charge in [0.2, 0.25) is 0 Å². The molecular weight excluding hydrogens is 671 g/mol. The molecule has 0 spiro atoms. The molecule has 0 N–H and O–H groups in total. The fourth-order valence-electron chi connectivity index (χ4n) is 7.47. The standard InChI is InChI=1S/C50H33N5/c1-5-13-34(14-6-1)39-21-25-43-44-26-22-40(35-15-7-2-8-16-35)32-47(44)55(46(43)31-39)45-33-41(23-24-42(45)36-27-29-51-30-28-36)50-53-48(37-17-9-3-10-18-37)52-49(54-50)38-19-11-4-12-20-38/h1-33H. The normalized spacial score (nSPS) is 11.3. The van der Waals surface area contributed by atoms with Gasteiger partial charge in [-0.1, -0.05) is 158 Å². The minimum absolute atomic E-state index is 0.603. The fourth-order valence-corrected chi connectivity index (χ4v) is 7.47. The third-order valence-corrected chi connectivity index (χ3v) is 10.2. The van der Waals surface area contributed by atoms with Crippen LogP contribution in [0.25, 0.3) is 95.0 Å². The van der Waals surface area contributed by atoms with E-state index >= 15 is 0 Å². The minimum Gasteiger partial charge on any atom is -0.309 e. The Labute approximate surface area is 318 Å². The average Bonchev–Trinajstić information content (AvgIpc) is 3.60. The summed E-state index contributed by atoms with van der Waals surface area (Å²) in [6, 6.07) is 65.7. The van der Waals surface area contributed by atoms with Crippen molar-refractivity contribution in [3.8, 4) is 73.2 Å². The van der Waals surface area contributed by atoms with Gasteiger partial charge >= 0.3 is 0 Å². The summed E-state index contributed by atoms with van der Waals surface area (Å²) in [5.74, 6) is 1.85. The maximum absolute atomic E-state index is 5.11. The lowest BCUT2D eigenvalue weighted by Crippen LogP contribution is -2.02. The van der Waals surface area contributed by atoms with Gasteiger partial charge in [0.15, 0.2) is 17.5 Å². The predicted octanol–water partition coefficient (Wildman–Crippen LogP) is 12.4.